The van der Waals surface area contributed by atoms with Gasteiger partial charge in [0, 0.05) is 24.7 Å². The van der Waals surface area contributed by atoms with E-state index in [1.807, 2.05) is 6.07 Å². The van der Waals surface area contributed by atoms with E-state index in [1.165, 1.54) is 0 Å². The molecule has 62 valence electrons. The molecule has 3 heteroatoms. The lowest BCUT2D eigenvalue weighted by atomic mass is 10.2. The highest BCUT2D eigenvalue weighted by atomic mass is 14.8. The highest BCUT2D eigenvalue weighted by molar-refractivity contribution is 5.41. The van der Waals surface area contributed by atoms with Crippen molar-refractivity contribution in [3.05, 3.63) is 23.9 Å². The Morgan fingerprint density at radius 3 is 3.00 bits per heavy atom. The number of nitrogens with two attached hydrogens (primary N) is 2. The second-order valence-corrected chi connectivity index (χ2v) is 2.31. The number of rotatable bonds is 1. The fourth-order valence-corrected chi connectivity index (χ4v) is 0.763. The highest BCUT2D eigenvalue weighted by Crippen LogP contribution is 2.00. The molecule has 12 heavy (non-hydrogen) atoms. The maximum absolute atomic E-state index is 5.46. The van der Waals surface area contributed by atoms with Gasteiger partial charge in [0.25, 0.3) is 0 Å². The summed E-state index contributed by atoms with van der Waals surface area (Å²) in [5.74, 6) is 6.35. The van der Waals surface area contributed by atoms with E-state index < -0.39 is 0 Å². The lowest BCUT2D eigenvalue weighted by Gasteiger charge is -1.91. The summed E-state index contributed by atoms with van der Waals surface area (Å²) in [5.41, 5.74) is 11.6. The van der Waals surface area contributed by atoms with Gasteiger partial charge in [-0.15, -0.1) is 0 Å². The van der Waals surface area contributed by atoms with Crippen molar-refractivity contribution < 1.29 is 0 Å². The van der Waals surface area contributed by atoms with Crippen LogP contribution >= 0.6 is 0 Å². The van der Waals surface area contributed by atoms with Crippen molar-refractivity contribution in [3.63, 3.8) is 0 Å². The minimum absolute atomic E-state index is 0.495. The fraction of sp³-hybridized carbons (Fsp3) is 0.222. The third-order valence-electron chi connectivity index (χ3n) is 1.28. The number of hydrogen-bond acceptors (Lipinski definition) is 3. The van der Waals surface area contributed by atoms with Gasteiger partial charge in [-0.25, -0.2) is 4.98 Å². The maximum atomic E-state index is 5.46. The first-order valence-electron chi connectivity index (χ1n) is 3.73. The predicted octanol–water partition coefficient (Wildman–Crippen LogP) is 0.364. The molecular weight excluding hydrogens is 150 g/mol. The van der Waals surface area contributed by atoms with Crippen LogP contribution in [-0.4, -0.2) is 11.5 Å². The predicted molar refractivity (Wildman–Crippen MR) is 49.2 cm³/mol. The largest absolute Gasteiger partial charge is 0.384 e. The topological polar surface area (TPSA) is 64.9 Å². The van der Waals surface area contributed by atoms with Crippen molar-refractivity contribution in [1.82, 2.24) is 4.98 Å². The second kappa shape index (κ2) is 4.37. The Balaban J connectivity index is 2.71. The van der Waals surface area contributed by atoms with Crippen LogP contribution in [0.1, 0.15) is 12.0 Å². The van der Waals surface area contributed by atoms with Gasteiger partial charge in [-0.05, 0) is 12.1 Å². The lowest BCUT2D eigenvalue weighted by molar-refractivity contribution is 1.03. The Bertz CT molecular complexity index is 309. The summed E-state index contributed by atoms with van der Waals surface area (Å²) in [4.78, 5) is 3.85. The molecule has 0 aliphatic carbocycles. The van der Waals surface area contributed by atoms with E-state index >= 15 is 0 Å². The van der Waals surface area contributed by atoms with E-state index in [4.69, 9.17) is 11.5 Å². The molecule has 0 amide bonds. The highest BCUT2D eigenvalue weighted by Gasteiger charge is 1.87. The molecule has 0 aromatic carbocycles. The summed E-state index contributed by atoms with van der Waals surface area (Å²) in [6, 6.07) is 3.56. The zero-order valence-electron chi connectivity index (χ0n) is 6.75. The Labute approximate surface area is 71.8 Å². The van der Waals surface area contributed by atoms with E-state index in [0.717, 1.165) is 5.56 Å². The summed E-state index contributed by atoms with van der Waals surface area (Å²) in [6.45, 7) is 0.591. The summed E-state index contributed by atoms with van der Waals surface area (Å²) < 4.78 is 0. The third kappa shape index (κ3) is 2.60. The van der Waals surface area contributed by atoms with Crippen LogP contribution in [0.4, 0.5) is 5.82 Å². The van der Waals surface area contributed by atoms with Crippen molar-refractivity contribution in [3.8, 4) is 11.8 Å². The molecule has 3 nitrogen and oxygen atoms in total. The SMILES string of the molecule is NCCC#Cc1ccnc(N)c1. The Hall–Kier alpha value is -1.53. The first-order chi connectivity index (χ1) is 5.83. The molecule has 0 radical (unpaired) electrons. The third-order valence-corrected chi connectivity index (χ3v) is 1.28. The lowest BCUT2D eigenvalue weighted by Crippen LogP contribution is -1.95. The van der Waals surface area contributed by atoms with Crippen molar-refractivity contribution in [2.45, 2.75) is 6.42 Å². The van der Waals surface area contributed by atoms with Crippen LogP contribution in [-0.2, 0) is 0 Å². The average molecular weight is 161 g/mol. The van der Waals surface area contributed by atoms with Gasteiger partial charge < -0.3 is 11.5 Å². The monoisotopic (exact) mass is 161 g/mol. The van der Waals surface area contributed by atoms with Crippen LogP contribution in [0.3, 0.4) is 0 Å². The van der Waals surface area contributed by atoms with Gasteiger partial charge in [-0.2, -0.15) is 0 Å². The molecule has 0 aliphatic heterocycles. The molecule has 0 saturated heterocycles. The summed E-state index contributed by atoms with van der Waals surface area (Å²) in [6.07, 6.45) is 2.35. The second-order valence-electron chi connectivity index (χ2n) is 2.31. The van der Waals surface area contributed by atoms with Gasteiger partial charge >= 0.3 is 0 Å². The molecule has 1 rings (SSSR count). The molecule has 1 aromatic rings. The standard InChI is InChI=1S/C9H11N3/c10-5-2-1-3-8-4-6-12-9(11)7-8/h4,6-7H,2,5,10H2,(H2,11,12). The van der Waals surface area contributed by atoms with E-state index in [2.05, 4.69) is 16.8 Å². The molecular formula is C9H11N3. The Morgan fingerprint density at radius 1 is 1.50 bits per heavy atom. The Morgan fingerprint density at radius 2 is 2.33 bits per heavy atom. The number of pyridine rings is 1. The molecule has 0 saturated carbocycles. The van der Waals surface area contributed by atoms with Gasteiger partial charge in [0.1, 0.15) is 5.82 Å². The zero-order valence-corrected chi connectivity index (χ0v) is 6.75. The molecule has 0 unspecified atom stereocenters. The molecule has 4 N–H and O–H groups in total. The van der Waals surface area contributed by atoms with Gasteiger partial charge in [0.2, 0.25) is 0 Å². The minimum Gasteiger partial charge on any atom is -0.384 e. The minimum atomic E-state index is 0.495. The molecule has 0 aliphatic rings. The smallest absolute Gasteiger partial charge is 0.124 e. The number of nitrogen functional groups attached to an aromatic ring is 1. The number of nitrogens with zero attached hydrogens (tertiary/aromatic N) is 1. The van der Waals surface area contributed by atoms with Crippen molar-refractivity contribution >= 4 is 5.82 Å². The van der Waals surface area contributed by atoms with Crippen LogP contribution in [0.5, 0.6) is 0 Å². The van der Waals surface area contributed by atoms with E-state index in [9.17, 15) is 0 Å². The number of hydrogen-bond donors (Lipinski definition) is 2. The molecule has 0 atom stereocenters. The Kier molecular flexibility index (Phi) is 3.12. The van der Waals surface area contributed by atoms with Crippen LogP contribution in [0.2, 0.25) is 0 Å². The van der Waals surface area contributed by atoms with Crippen molar-refractivity contribution in [1.29, 1.82) is 0 Å². The first-order valence-corrected chi connectivity index (χ1v) is 3.73. The fourth-order valence-electron chi connectivity index (χ4n) is 0.763. The van der Waals surface area contributed by atoms with Gasteiger partial charge in [0.05, 0.1) is 0 Å². The van der Waals surface area contributed by atoms with Crippen molar-refractivity contribution in [2.24, 2.45) is 5.73 Å². The van der Waals surface area contributed by atoms with Gasteiger partial charge in [0.15, 0.2) is 0 Å². The average Bonchev–Trinajstić information content (AvgIpc) is 2.05. The molecule has 0 fully saturated rings. The molecule has 1 aromatic heterocycles. The van der Waals surface area contributed by atoms with Crippen molar-refractivity contribution in [2.75, 3.05) is 12.3 Å². The van der Waals surface area contributed by atoms with Crippen LogP contribution in [0, 0.1) is 11.8 Å². The summed E-state index contributed by atoms with van der Waals surface area (Å²) in [7, 11) is 0. The van der Waals surface area contributed by atoms with E-state index in [1.54, 1.807) is 12.3 Å². The van der Waals surface area contributed by atoms with Crippen LogP contribution in [0.15, 0.2) is 18.3 Å². The van der Waals surface area contributed by atoms with E-state index in [-0.39, 0.29) is 0 Å². The van der Waals surface area contributed by atoms with Gasteiger partial charge in [-0.1, -0.05) is 11.8 Å². The molecule has 1 heterocycles. The zero-order chi connectivity index (χ0) is 8.81. The quantitative estimate of drug-likeness (QED) is 0.585. The van der Waals surface area contributed by atoms with Crippen LogP contribution < -0.4 is 11.5 Å². The number of anilines is 1. The molecule has 0 spiro atoms. The number of aromatic nitrogens is 1. The first kappa shape index (κ1) is 8.57. The molecule has 0 bridgehead atoms. The van der Waals surface area contributed by atoms with E-state index in [0.29, 0.717) is 18.8 Å². The maximum Gasteiger partial charge on any atom is 0.124 e. The summed E-state index contributed by atoms with van der Waals surface area (Å²) >= 11 is 0. The normalized spacial score (nSPS) is 8.75. The summed E-state index contributed by atoms with van der Waals surface area (Å²) in [5, 5.41) is 0. The van der Waals surface area contributed by atoms with Crippen LogP contribution in [0.25, 0.3) is 0 Å². The van der Waals surface area contributed by atoms with Gasteiger partial charge in [-0.3, -0.25) is 0 Å².